The second-order valence-electron chi connectivity index (χ2n) is 14.9. The molecule has 0 saturated heterocycles. The summed E-state index contributed by atoms with van der Waals surface area (Å²) in [5.41, 5.74) is 0. The number of carboxylic acid groups (broad SMARTS) is 1. The van der Waals surface area contributed by atoms with Gasteiger partial charge in [-0.1, -0.05) is 137 Å². The zero-order valence-electron chi connectivity index (χ0n) is 35.8. The number of hydrogen-bond donors (Lipinski definition) is 1. The van der Waals surface area contributed by atoms with E-state index in [4.69, 9.17) is 14.2 Å². The van der Waals surface area contributed by atoms with Gasteiger partial charge in [0.2, 0.25) is 0 Å². The highest BCUT2D eigenvalue weighted by Gasteiger charge is 2.31. The molecule has 1 N–H and O–H groups in total. The molecule has 8 heteroatoms. The Morgan fingerprint density at radius 3 is 1.55 bits per heavy atom. The highest BCUT2D eigenvalue weighted by atomic mass is 16.6. The van der Waals surface area contributed by atoms with Crippen molar-refractivity contribution in [2.45, 2.75) is 148 Å². The van der Waals surface area contributed by atoms with Gasteiger partial charge in [0.15, 0.2) is 12.1 Å². The van der Waals surface area contributed by atoms with E-state index < -0.39 is 24.1 Å². The van der Waals surface area contributed by atoms with Crippen LogP contribution in [0.1, 0.15) is 136 Å². The number of rotatable bonds is 36. The van der Waals surface area contributed by atoms with Crippen molar-refractivity contribution in [2.75, 3.05) is 41.0 Å². The summed E-state index contributed by atoms with van der Waals surface area (Å²) in [5.74, 6) is -1.61. The molecule has 0 heterocycles. The minimum Gasteiger partial charge on any atom is -0.477 e. The first kappa shape index (κ1) is 52.2. The Morgan fingerprint density at radius 2 is 1.04 bits per heavy atom. The lowest BCUT2D eigenvalue weighted by Gasteiger charge is -2.31. The zero-order valence-corrected chi connectivity index (χ0v) is 35.8. The lowest BCUT2D eigenvalue weighted by atomic mass is 10.1. The minimum atomic E-state index is -0.893. The molecule has 0 aliphatic rings. The van der Waals surface area contributed by atoms with Gasteiger partial charge in [-0.3, -0.25) is 9.59 Å². The first-order chi connectivity index (χ1) is 27.1. The molecule has 0 aromatic rings. The molecule has 0 bridgehead atoms. The van der Waals surface area contributed by atoms with Gasteiger partial charge in [0, 0.05) is 19.3 Å². The smallest absolute Gasteiger partial charge is 0.362 e. The van der Waals surface area contributed by atoms with Gasteiger partial charge in [-0.25, -0.2) is 4.79 Å². The van der Waals surface area contributed by atoms with Crippen LogP contribution < -0.4 is 0 Å². The largest absolute Gasteiger partial charge is 0.477 e. The van der Waals surface area contributed by atoms with Crippen LogP contribution in [-0.2, 0) is 28.6 Å². The van der Waals surface area contributed by atoms with Gasteiger partial charge in [0.1, 0.15) is 6.61 Å². The molecule has 0 amide bonds. The number of esters is 2. The fourth-order valence-corrected chi connectivity index (χ4v) is 5.45. The van der Waals surface area contributed by atoms with Crippen molar-refractivity contribution < 1.29 is 38.2 Å². The van der Waals surface area contributed by atoms with Crippen LogP contribution in [0.4, 0.5) is 0 Å². The third kappa shape index (κ3) is 35.9. The quantitative estimate of drug-likeness (QED) is 0.0292. The predicted molar refractivity (Wildman–Crippen MR) is 233 cm³/mol. The molecule has 56 heavy (non-hydrogen) atoms. The number of ether oxygens (including phenoxy) is 3. The van der Waals surface area contributed by atoms with E-state index in [9.17, 15) is 19.5 Å². The average Bonchev–Trinajstić information content (AvgIpc) is 3.15. The molecule has 0 saturated carbocycles. The molecule has 0 rings (SSSR count). The number of allylic oxidation sites excluding steroid dienone is 16. The van der Waals surface area contributed by atoms with Gasteiger partial charge >= 0.3 is 17.9 Å². The molecule has 0 radical (unpaired) electrons. The summed E-state index contributed by atoms with van der Waals surface area (Å²) in [4.78, 5) is 36.9. The van der Waals surface area contributed by atoms with Gasteiger partial charge in [-0.05, 0) is 77.0 Å². The molecule has 8 nitrogen and oxygen atoms in total. The Labute approximate surface area is 341 Å². The van der Waals surface area contributed by atoms with E-state index >= 15 is 0 Å². The van der Waals surface area contributed by atoms with E-state index in [1.54, 1.807) is 0 Å². The standard InChI is InChI=1S/C48H77NO7/c1-6-8-10-12-14-16-18-20-21-22-23-24-25-27-29-31-33-35-37-39-47(51)56-44(42-54-41-40-45(48(52)53)49(3,4)5)43-55-46(50)38-36-34-32-30-28-26-19-17-15-13-11-9-7-2/h8,10-11,13-14,16-17,19-21,23-24,27,29,33,35,44-45H,6-7,9,12,15,18,22,25-26,28,30-32,34,36-43H2,1-5H3/p+1/b10-8-,13-11-,16-14-,19-17-,21-20-,24-23-,29-27-,35-33-. The molecule has 0 aliphatic heterocycles. The monoisotopic (exact) mass is 781 g/mol. The number of carbonyl (C=O) groups is 3. The summed E-state index contributed by atoms with van der Waals surface area (Å²) in [6.07, 6.45) is 50.4. The first-order valence-corrected chi connectivity index (χ1v) is 21.3. The molecule has 2 atom stereocenters. The normalized spacial score (nSPS) is 13.9. The van der Waals surface area contributed by atoms with Crippen LogP contribution in [0.15, 0.2) is 97.2 Å². The van der Waals surface area contributed by atoms with Crippen molar-refractivity contribution in [3.63, 3.8) is 0 Å². The molecule has 0 fully saturated rings. The van der Waals surface area contributed by atoms with E-state index in [0.29, 0.717) is 19.3 Å². The maximum absolute atomic E-state index is 12.7. The van der Waals surface area contributed by atoms with Crippen molar-refractivity contribution in [3.05, 3.63) is 97.2 Å². The lowest BCUT2D eigenvalue weighted by molar-refractivity contribution is -0.887. The minimum absolute atomic E-state index is 0.0197. The number of carboxylic acids is 1. The summed E-state index contributed by atoms with van der Waals surface area (Å²) in [5, 5.41) is 9.61. The number of quaternary nitrogens is 1. The molecule has 0 aromatic heterocycles. The summed E-state index contributed by atoms with van der Waals surface area (Å²) in [6.45, 7) is 4.43. The Kier molecular flexibility index (Phi) is 35.6. The van der Waals surface area contributed by atoms with E-state index in [2.05, 4.69) is 98.9 Å². The topological polar surface area (TPSA) is 99.1 Å². The van der Waals surface area contributed by atoms with Crippen molar-refractivity contribution in [3.8, 4) is 0 Å². The second kappa shape index (κ2) is 38.1. The van der Waals surface area contributed by atoms with Crippen molar-refractivity contribution >= 4 is 17.9 Å². The van der Waals surface area contributed by atoms with Gasteiger partial charge in [0.05, 0.1) is 34.4 Å². The number of likely N-dealkylation sites (N-methyl/N-ethyl adjacent to an activating group) is 1. The zero-order chi connectivity index (χ0) is 41.4. The lowest BCUT2D eigenvalue weighted by Crippen LogP contribution is -2.50. The van der Waals surface area contributed by atoms with Crippen LogP contribution in [-0.4, -0.2) is 80.6 Å². The predicted octanol–water partition coefficient (Wildman–Crippen LogP) is 11.5. The van der Waals surface area contributed by atoms with Crippen molar-refractivity contribution in [1.29, 1.82) is 0 Å². The SMILES string of the molecule is CC/C=C\C/C=C\C/C=C\C/C=C\C/C=C\C/C=C\CCC(=O)OC(COCCC(C(=O)O)[N+](C)(C)C)COC(=O)CCCCCCC/C=C\C/C=C\CCC. The summed E-state index contributed by atoms with van der Waals surface area (Å²) >= 11 is 0. The second-order valence-corrected chi connectivity index (χ2v) is 14.9. The Bertz CT molecular complexity index is 1230. The van der Waals surface area contributed by atoms with E-state index in [-0.39, 0.29) is 36.7 Å². The van der Waals surface area contributed by atoms with Gasteiger partial charge in [0.25, 0.3) is 0 Å². The van der Waals surface area contributed by atoms with Crippen molar-refractivity contribution in [2.24, 2.45) is 0 Å². The number of aliphatic carboxylic acids is 1. The first-order valence-electron chi connectivity index (χ1n) is 21.3. The maximum atomic E-state index is 12.7. The van der Waals surface area contributed by atoms with Crippen LogP contribution in [0, 0.1) is 0 Å². The fraction of sp³-hybridized carbons (Fsp3) is 0.604. The van der Waals surface area contributed by atoms with Crippen LogP contribution in [0.5, 0.6) is 0 Å². The number of unbranched alkanes of at least 4 members (excludes halogenated alkanes) is 6. The highest BCUT2D eigenvalue weighted by molar-refractivity contribution is 5.72. The molecular formula is C48H78NO7+. The number of carbonyl (C=O) groups excluding carboxylic acids is 2. The van der Waals surface area contributed by atoms with Crippen LogP contribution in [0.25, 0.3) is 0 Å². The molecule has 316 valence electrons. The van der Waals surface area contributed by atoms with Gasteiger partial charge in [-0.2, -0.15) is 0 Å². The van der Waals surface area contributed by atoms with Gasteiger partial charge in [-0.15, -0.1) is 0 Å². The molecular weight excluding hydrogens is 703 g/mol. The van der Waals surface area contributed by atoms with E-state index in [1.165, 1.54) is 6.42 Å². The summed E-state index contributed by atoms with van der Waals surface area (Å²) in [7, 11) is 5.48. The van der Waals surface area contributed by atoms with Crippen LogP contribution in [0.2, 0.25) is 0 Å². The van der Waals surface area contributed by atoms with Crippen molar-refractivity contribution in [1.82, 2.24) is 0 Å². The maximum Gasteiger partial charge on any atom is 0.362 e. The third-order valence-electron chi connectivity index (χ3n) is 8.71. The fourth-order valence-electron chi connectivity index (χ4n) is 5.45. The summed E-state index contributed by atoms with van der Waals surface area (Å²) < 4.78 is 17.1. The Morgan fingerprint density at radius 1 is 0.554 bits per heavy atom. The molecule has 0 aliphatic carbocycles. The Hall–Kier alpha value is -3.75. The summed E-state index contributed by atoms with van der Waals surface area (Å²) in [6, 6.07) is -0.635. The Balaban J connectivity index is 4.54. The molecule has 2 unspecified atom stereocenters. The van der Waals surface area contributed by atoms with Crippen LogP contribution in [0.3, 0.4) is 0 Å². The van der Waals surface area contributed by atoms with E-state index in [0.717, 1.165) is 89.9 Å². The third-order valence-corrected chi connectivity index (χ3v) is 8.71. The highest BCUT2D eigenvalue weighted by Crippen LogP contribution is 2.11. The van der Waals surface area contributed by atoms with Gasteiger partial charge < -0.3 is 23.8 Å². The van der Waals surface area contributed by atoms with E-state index in [1.807, 2.05) is 33.3 Å². The molecule has 0 aromatic carbocycles. The van der Waals surface area contributed by atoms with Crippen LogP contribution >= 0.6 is 0 Å². The average molecular weight is 781 g/mol. The number of hydrogen-bond acceptors (Lipinski definition) is 6. The number of nitrogens with zero attached hydrogens (tertiary/aromatic N) is 1. The molecule has 0 spiro atoms.